The number of nitrogens with one attached hydrogen (secondary N) is 1. The smallest absolute Gasteiger partial charge is 0.404 e. The molecule has 1 aromatic heterocycles. The highest BCUT2D eigenvalue weighted by atomic mass is 32.1. The minimum Gasteiger partial charge on any atom is -0.465 e. The van der Waals surface area contributed by atoms with E-state index in [4.69, 9.17) is 5.11 Å². The molecular weight excluding hydrogens is 208 g/mol. The molecule has 0 saturated heterocycles. The molecule has 0 spiro atoms. The molecule has 0 saturated carbocycles. The highest BCUT2D eigenvalue weighted by molar-refractivity contribution is 7.80. The lowest BCUT2D eigenvalue weighted by Crippen LogP contribution is -2.36. The number of aromatic nitrogens is 1. The number of nitrogens with zero attached hydrogens (tertiary/aromatic N) is 1. The van der Waals surface area contributed by atoms with Gasteiger partial charge in [-0.15, -0.1) is 11.3 Å². The van der Waals surface area contributed by atoms with E-state index in [-0.39, 0.29) is 6.04 Å². The first-order valence-electron chi connectivity index (χ1n) is 3.69. The molecule has 0 radical (unpaired) electrons. The zero-order valence-electron chi connectivity index (χ0n) is 6.80. The van der Waals surface area contributed by atoms with E-state index in [2.05, 4.69) is 22.9 Å². The van der Waals surface area contributed by atoms with E-state index < -0.39 is 6.09 Å². The molecule has 1 aromatic rings. The van der Waals surface area contributed by atoms with Crippen molar-refractivity contribution >= 4 is 30.1 Å². The molecule has 0 aliphatic rings. The van der Waals surface area contributed by atoms with Crippen molar-refractivity contribution in [3.8, 4) is 0 Å². The Morgan fingerprint density at radius 3 is 3.08 bits per heavy atom. The maximum absolute atomic E-state index is 10.3. The summed E-state index contributed by atoms with van der Waals surface area (Å²) < 4.78 is 0. The summed E-state index contributed by atoms with van der Waals surface area (Å²) >= 11 is 5.55. The Balaban J connectivity index is 2.45. The second kappa shape index (κ2) is 5.08. The molecule has 0 fully saturated rings. The Bertz CT molecular complexity index is 263. The summed E-state index contributed by atoms with van der Waals surface area (Å²) in [4.78, 5) is 14.4. The van der Waals surface area contributed by atoms with Crippen LogP contribution in [0.15, 0.2) is 10.9 Å². The molecule has 0 aliphatic heterocycles. The molecule has 1 heterocycles. The van der Waals surface area contributed by atoms with E-state index in [0.717, 1.165) is 5.69 Å². The van der Waals surface area contributed by atoms with Crippen molar-refractivity contribution in [2.24, 2.45) is 0 Å². The van der Waals surface area contributed by atoms with Gasteiger partial charge in [-0.1, -0.05) is 0 Å². The number of amides is 1. The third-order valence-electron chi connectivity index (χ3n) is 1.49. The van der Waals surface area contributed by atoms with Crippen molar-refractivity contribution in [1.82, 2.24) is 10.3 Å². The first-order chi connectivity index (χ1) is 6.22. The monoisotopic (exact) mass is 218 g/mol. The Kier molecular flexibility index (Phi) is 4.04. The number of carboxylic acid groups (broad SMARTS) is 1. The molecule has 2 N–H and O–H groups in total. The molecule has 4 nitrogen and oxygen atoms in total. The van der Waals surface area contributed by atoms with Gasteiger partial charge in [-0.3, -0.25) is 0 Å². The molecule has 1 unspecified atom stereocenters. The lowest BCUT2D eigenvalue weighted by atomic mass is 10.2. The second-order valence-electron chi connectivity index (χ2n) is 2.51. The Morgan fingerprint density at radius 2 is 2.62 bits per heavy atom. The largest absolute Gasteiger partial charge is 0.465 e. The average Bonchev–Trinajstić information content (AvgIpc) is 2.55. The number of thiazole rings is 1. The van der Waals surface area contributed by atoms with Gasteiger partial charge in [0.05, 0.1) is 11.2 Å². The molecule has 0 aromatic carbocycles. The van der Waals surface area contributed by atoms with E-state index in [9.17, 15) is 4.79 Å². The van der Waals surface area contributed by atoms with Gasteiger partial charge in [0.15, 0.2) is 0 Å². The third kappa shape index (κ3) is 3.65. The maximum Gasteiger partial charge on any atom is 0.404 e. The molecule has 72 valence electrons. The average molecular weight is 218 g/mol. The van der Waals surface area contributed by atoms with Crippen LogP contribution in [0.4, 0.5) is 4.79 Å². The minimum atomic E-state index is -1.02. The number of rotatable bonds is 4. The van der Waals surface area contributed by atoms with Gasteiger partial charge in [-0.2, -0.15) is 12.6 Å². The van der Waals surface area contributed by atoms with Crippen molar-refractivity contribution in [2.75, 3.05) is 5.75 Å². The number of thiol groups is 1. The normalized spacial score (nSPS) is 12.4. The van der Waals surface area contributed by atoms with Crippen molar-refractivity contribution in [3.63, 3.8) is 0 Å². The van der Waals surface area contributed by atoms with Crippen LogP contribution in [-0.4, -0.2) is 28.0 Å². The first-order valence-corrected chi connectivity index (χ1v) is 5.27. The van der Waals surface area contributed by atoms with Crippen LogP contribution in [0.1, 0.15) is 5.69 Å². The molecule has 1 atom stereocenters. The molecule has 0 bridgehead atoms. The van der Waals surface area contributed by atoms with E-state index in [1.54, 1.807) is 5.51 Å². The van der Waals surface area contributed by atoms with Crippen molar-refractivity contribution in [2.45, 2.75) is 12.5 Å². The van der Waals surface area contributed by atoms with Crippen LogP contribution in [0.5, 0.6) is 0 Å². The molecule has 1 rings (SSSR count). The lowest BCUT2D eigenvalue weighted by Gasteiger charge is -2.12. The first kappa shape index (κ1) is 10.3. The molecule has 6 heteroatoms. The van der Waals surface area contributed by atoms with Crippen LogP contribution in [-0.2, 0) is 6.42 Å². The number of carbonyl (C=O) groups is 1. The maximum atomic E-state index is 10.3. The number of hydrogen-bond acceptors (Lipinski definition) is 4. The van der Waals surface area contributed by atoms with Crippen molar-refractivity contribution in [3.05, 3.63) is 16.6 Å². The fraction of sp³-hybridized carbons (Fsp3) is 0.429. The van der Waals surface area contributed by atoms with Gasteiger partial charge < -0.3 is 10.4 Å². The Hall–Kier alpha value is -0.750. The van der Waals surface area contributed by atoms with E-state index >= 15 is 0 Å². The topological polar surface area (TPSA) is 62.2 Å². The van der Waals surface area contributed by atoms with Gasteiger partial charge in [0.25, 0.3) is 0 Å². The fourth-order valence-corrected chi connectivity index (χ4v) is 1.72. The standard InChI is InChI=1S/C7H10N2O2S2/c10-7(11)9-5(2-12)1-6-3-13-4-8-6/h3-5,9,12H,1-2H2,(H,10,11). The summed E-state index contributed by atoms with van der Waals surface area (Å²) in [5.74, 6) is 0.476. The van der Waals surface area contributed by atoms with Gasteiger partial charge in [-0.05, 0) is 0 Å². The van der Waals surface area contributed by atoms with E-state index in [1.165, 1.54) is 11.3 Å². The Labute approximate surface area is 85.4 Å². The number of hydrogen-bond donors (Lipinski definition) is 3. The Morgan fingerprint density at radius 1 is 1.85 bits per heavy atom. The summed E-state index contributed by atoms with van der Waals surface area (Å²) in [6.07, 6.45) is -0.423. The van der Waals surface area contributed by atoms with Gasteiger partial charge in [0, 0.05) is 23.6 Å². The molecular formula is C7H10N2O2S2. The van der Waals surface area contributed by atoms with Crippen molar-refractivity contribution in [1.29, 1.82) is 0 Å². The third-order valence-corrected chi connectivity index (χ3v) is 2.56. The molecule has 1 amide bonds. The minimum absolute atomic E-state index is 0.164. The quantitative estimate of drug-likeness (QED) is 0.667. The van der Waals surface area contributed by atoms with Gasteiger partial charge in [0.2, 0.25) is 0 Å². The van der Waals surface area contributed by atoms with Crippen LogP contribution in [0.25, 0.3) is 0 Å². The summed E-state index contributed by atoms with van der Waals surface area (Å²) in [6.45, 7) is 0. The lowest BCUT2D eigenvalue weighted by molar-refractivity contribution is 0.191. The van der Waals surface area contributed by atoms with Gasteiger partial charge >= 0.3 is 6.09 Å². The zero-order valence-corrected chi connectivity index (χ0v) is 8.52. The van der Waals surface area contributed by atoms with Gasteiger partial charge in [0.1, 0.15) is 0 Å². The van der Waals surface area contributed by atoms with Crippen LogP contribution in [0, 0.1) is 0 Å². The molecule has 0 aliphatic carbocycles. The predicted molar refractivity (Wildman–Crippen MR) is 54.6 cm³/mol. The van der Waals surface area contributed by atoms with Gasteiger partial charge in [-0.25, -0.2) is 9.78 Å². The SMILES string of the molecule is O=C(O)NC(CS)Cc1cscn1. The summed E-state index contributed by atoms with van der Waals surface area (Å²) in [7, 11) is 0. The van der Waals surface area contributed by atoms with Crippen LogP contribution < -0.4 is 5.32 Å². The van der Waals surface area contributed by atoms with Crippen molar-refractivity contribution < 1.29 is 9.90 Å². The highest BCUT2D eigenvalue weighted by Crippen LogP contribution is 2.05. The second-order valence-corrected chi connectivity index (χ2v) is 3.60. The summed E-state index contributed by atoms with van der Waals surface area (Å²) in [5.41, 5.74) is 2.63. The predicted octanol–water partition coefficient (Wildman–Crippen LogP) is 1.25. The van der Waals surface area contributed by atoms with Crippen LogP contribution in [0.3, 0.4) is 0 Å². The highest BCUT2D eigenvalue weighted by Gasteiger charge is 2.10. The fourth-order valence-electron chi connectivity index (χ4n) is 0.927. The summed E-state index contributed by atoms with van der Waals surface area (Å²) in [6, 6.07) is -0.164. The van der Waals surface area contributed by atoms with E-state index in [1.807, 2.05) is 5.38 Å². The van der Waals surface area contributed by atoms with E-state index in [0.29, 0.717) is 12.2 Å². The molecule has 13 heavy (non-hydrogen) atoms. The summed E-state index contributed by atoms with van der Waals surface area (Å²) in [5, 5.41) is 12.8. The van der Waals surface area contributed by atoms with Crippen LogP contribution in [0.2, 0.25) is 0 Å². The zero-order chi connectivity index (χ0) is 9.68. The van der Waals surface area contributed by atoms with Crippen LogP contribution >= 0.6 is 24.0 Å².